The summed E-state index contributed by atoms with van der Waals surface area (Å²) in [5.74, 6) is 0.884. The van der Waals surface area contributed by atoms with Crippen molar-refractivity contribution >= 4 is 15.9 Å². The SMILES string of the molecule is COc1ccc(Br)cc1CC(N)C1(C)CCCO1. The van der Waals surface area contributed by atoms with Crippen molar-refractivity contribution < 1.29 is 9.47 Å². The second kappa shape index (κ2) is 5.59. The fraction of sp³-hybridized carbons (Fsp3) is 0.571. The van der Waals surface area contributed by atoms with Gasteiger partial charge in [0.2, 0.25) is 0 Å². The van der Waals surface area contributed by atoms with Crippen LogP contribution in [0.2, 0.25) is 0 Å². The van der Waals surface area contributed by atoms with E-state index in [0.29, 0.717) is 0 Å². The van der Waals surface area contributed by atoms with E-state index in [9.17, 15) is 0 Å². The summed E-state index contributed by atoms with van der Waals surface area (Å²) in [6.07, 6.45) is 2.89. The number of methoxy groups -OCH3 is 1. The Morgan fingerprint density at radius 3 is 2.94 bits per heavy atom. The quantitative estimate of drug-likeness (QED) is 0.929. The minimum absolute atomic E-state index is 0.0109. The summed E-state index contributed by atoms with van der Waals surface area (Å²) in [6.45, 7) is 2.93. The van der Waals surface area contributed by atoms with Crippen molar-refractivity contribution in [1.82, 2.24) is 0 Å². The molecule has 1 aromatic rings. The maximum Gasteiger partial charge on any atom is 0.122 e. The Morgan fingerprint density at radius 2 is 2.33 bits per heavy atom. The van der Waals surface area contributed by atoms with Crippen LogP contribution in [0.4, 0.5) is 0 Å². The Kier molecular flexibility index (Phi) is 4.30. The maximum atomic E-state index is 6.32. The van der Waals surface area contributed by atoms with E-state index in [0.717, 1.165) is 41.7 Å². The highest BCUT2D eigenvalue weighted by atomic mass is 79.9. The van der Waals surface area contributed by atoms with Gasteiger partial charge in [-0.1, -0.05) is 15.9 Å². The first-order chi connectivity index (χ1) is 8.55. The molecule has 3 nitrogen and oxygen atoms in total. The predicted molar refractivity (Wildman–Crippen MR) is 76.0 cm³/mol. The predicted octanol–water partition coefficient (Wildman–Crippen LogP) is 2.90. The summed E-state index contributed by atoms with van der Waals surface area (Å²) >= 11 is 3.48. The number of hydrogen-bond acceptors (Lipinski definition) is 3. The van der Waals surface area contributed by atoms with Crippen LogP contribution in [0, 0.1) is 0 Å². The van der Waals surface area contributed by atoms with E-state index in [1.165, 1.54) is 0 Å². The molecule has 0 spiro atoms. The van der Waals surface area contributed by atoms with E-state index < -0.39 is 0 Å². The molecule has 100 valence electrons. The molecule has 0 amide bonds. The Morgan fingerprint density at radius 1 is 1.56 bits per heavy atom. The molecule has 2 N–H and O–H groups in total. The third kappa shape index (κ3) is 2.87. The van der Waals surface area contributed by atoms with E-state index in [1.54, 1.807) is 7.11 Å². The second-order valence-corrected chi connectivity index (χ2v) is 5.95. The minimum atomic E-state index is -0.201. The third-order valence-electron chi connectivity index (χ3n) is 3.72. The van der Waals surface area contributed by atoms with Gasteiger partial charge in [0.1, 0.15) is 5.75 Å². The van der Waals surface area contributed by atoms with Crippen LogP contribution in [-0.2, 0) is 11.2 Å². The number of nitrogens with two attached hydrogens (primary N) is 1. The summed E-state index contributed by atoms with van der Waals surface area (Å²) in [6, 6.07) is 5.99. The van der Waals surface area contributed by atoms with Crippen LogP contribution in [0.5, 0.6) is 5.75 Å². The molecule has 18 heavy (non-hydrogen) atoms. The smallest absolute Gasteiger partial charge is 0.122 e. The lowest BCUT2D eigenvalue weighted by Gasteiger charge is -2.30. The molecule has 0 bridgehead atoms. The molecule has 1 aromatic carbocycles. The van der Waals surface area contributed by atoms with Gasteiger partial charge < -0.3 is 15.2 Å². The molecule has 4 heteroatoms. The first-order valence-electron chi connectivity index (χ1n) is 6.27. The lowest BCUT2D eigenvalue weighted by atomic mass is 9.89. The lowest BCUT2D eigenvalue weighted by Crippen LogP contribution is -2.46. The van der Waals surface area contributed by atoms with Crippen molar-refractivity contribution in [1.29, 1.82) is 0 Å². The molecule has 0 radical (unpaired) electrons. The van der Waals surface area contributed by atoms with Gasteiger partial charge in [-0.05, 0) is 49.9 Å². The molecular formula is C14H20BrNO2. The van der Waals surface area contributed by atoms with E-state index in [-0.39, 0.29) is 11.6 Å². The molecule has 1 fully saturated rings. The van der Waals surface area contributed by atoms with Crippen LogP contribution < -0.4 is 10.5 Å². The number of rotatable bonds is 4. The molecule has 0 aliphatic carbocycles. The van der Waals surface area contributed by atoms with Gasteiger partial charge in [0.05, 0.1) is 12.7 Å². The molecule has 0 aromatic heterocycles. The summed E-state index contributed by atoms with van der Waals surface area (Å²) in [5, 5.41) is 0. The van der Waals surface area contributed by atoms with Crippen molar-refractivity contribution in [3.05, 3.63) is 28.2 Å². The van der Waals surface area contributed by atoms with E-state index in [4.69, 9.17) is 15.2 Å². The first kappa shape index (κ1) is 13.8. The summed E-state index contributed by atoms with van der Waals surface area (Å²) in [7, 11) is 1.69. The zero-order valence-corrected chi connectivity index (χ0v) is 12.5. The zero-order chi connectivity index (χ0) is 13.2. The lowest BCUT2D eigenvalue weighted by molar-refractivity contribution is -0.00101. The van der Waals surface area contributed by atoms with E-state index >= 15 is 0 Å². The van der Waals surface area contributed by atoms with Gasteiger partial charge >= 0.3 is 0 Å². The Bertz CT molecular complexity index is 416. The standard InChI is InChI=1S/C14H20BrNO2/c1-14(6-3-7-18-14)13(16)9-10-8-11(15)4-5-12(10)17-2/h4-5,8,13H,3,6-7,9,16H2,1-2H3. The number of benzene rings is 1. The zero-order valence-electron chi connectivity index (χ0n) is 10.9. The van der Waals surface area contributed by atoms with Crippen LogP contribution in [0.25, 0.3) is 0 Å². The summed E-state index contributed by atoms with van der Waals surface area (Å²) < 4.78 is 12.2. The highest BCUT2D eigenvalue weighted by molar-refractivity contribution is 9.10. The highest BCUT2D eigenvalue weighted by Crippen LogP contribution is 2.31. The van der Waals surface area contributed by atoms with Gasteiger partial charge in [-0.25, -0.2) is 0 Å². The fourth-order valence-corrected chi connectivity index (χ4v) is 2.86. The van der Waals surface area contributed by atoms with Crippen LogP contribution in [0.3, 0.4) is 0 Å². The van der Waals surface area contributed by atoms with Crippen LogP contribution in [-0.4, -0.2) is 25.4 Å². The van der Waals surface area contributed by atoms with Crippen LogP contribution in [0.15, 0.2) is 22.7 Å². The fourth-order valence-electron chi connectivity index (χ4n) is 2.45. The number of hydrogen-bond donors (Lipinski definition) is 1. The number of ether oxygens (including phenoxy) is 2. The highest BCUT2D eigenvalue weighted by Gasteiger charge is 2.36. The van der Waals surface area contributed by atoms with Gasteiger partial charge in [-0.15, -0.1) is 0 Å². The molecule has 1 aliphatic rings. The summed E-state index contributed by atoms with van der Waals surface area (Å²) in [4.78, 5) is 0. The Labute approximate surface area is 117 Å². The van der Waals surface area contributed by atoms with Crippen LogP contribution >= 0.6 is 15.9 Å². The van der Waals surface area contributed by atoms with Gasteiger partial charge in [-0.3, -0.25) is 0 Å². The van der Waals surface area contributed by atoms with Crippen molar-refractivity contribution in [2.45, 2.75) is 37.8 Å². The average molecular weight is 314 g/mol. The molecule has 1 saturated heterocycles. The monoisotopic (exact) mass is 313 g/mol. The molecule has 0 saturated carbocycles. The van der Waals surface area contributed by atoms with E-state index in [2.05, 4.69) is 28.9 Å². The molecule has 2 unspecified atom stereocenters. The van der Waals surface area contributed by atoms with Crippen molar-refractivity contribution in [3.63, 3.8) is 0 Å². The Balaban J connectivity index is 2.15. The number of halogens is 1. The average Bonchev–Trinajstić information content (AvgIpc) is 2.78. The third-order valence-corrected chi connectivity index (χ3v) is 4.21. The molecule has 1 aliphatic heterocycles. The first-order valence-corrected chi connectivity index (χ1v) is 7.06. The Hall–Kier alpha value is -0.580. The molecule has 1 heterocycles. The van der Waals surface area contributed by atoms with Crippen molar-refractivity contribution in [2.24, 2.45) is 5.73 Å². The second-order valence-electron chi connectivity index (χ2n) is 5.03. The van der Waals surface area contributed by atoms with Gasteiger partial charge in [0, 0.05) is 17.1 Å². The molecular weight excluding hydrogens is 294 g/mol. The molecule has 2 atom stereocenters. The topological polar surface area (TPSA) is 44.5 Å². The minimum Gasteiger partial charge on any atom is -0.496 e. The van der Waals surface area contributed by atoms with Gasteiger partial charge in [0.15, 0.2) is 0 Å². The molecule has 2 rings (SSSR count). The van der Waals surface area contributed by atoms with Crippen molar-refractivity contribution in [3.8, 4) is 5.75 Å². The van der Waals surface area contributed by atoms with Gasteiger partial charge in [-0.2, -0.15) is 0 Å². The van der Waals surface area contributed by atoms with E-state index in [1.807, 2.05) is 12.1 Å². The largest absolute Gasteiger partial charge is 0.496 e. The van der Waals surface area contributed by atoms with Crippen molar-refractivity contribution in [2.75, 3.05) is 13.7 Å². The van der Waals surface area contributed by atoms with Crippen LogP contribution in [0.1, 0.15) is 25.3 Å². The summed E-state index contributed by atoms with van der Waals surface area (Å²) in [5.41, 5.74) is 7.24. The normalized spacial score (nSPS) is 25.1. The maximum absolute atomic E-state index is 6.32. The van der Waals surface area contributed by atoms with Gasteiger partial charge in [0.25, 0.3) is 0 Å².